The molecule has 0 aliphatic carbocycles. The Morgan fingerprint density at radius 2 is 1.85 bits per heavy atom. The normalized spacial score (nSPS) is 12.4. The molecule has 5 heteroatoms. The first-order chi connectivity index (χ1) is 9.54. The molecule has 0 radical (unpaired) electrons. The van der Waals surface area contributed by atoms with Crippen molar-refractivity contribution >= 4 is 34.8 Å². The van der Waals surface area contributed by atoms with Crippen molar-refractivity contribution in [3.05, 3.63) is 68.4 Å². The Morgan fingerprint density at radius 1 is 1.10 bits per heavy atom. The number of halogens is 4. The zero-order chi connectivity index (χ0) is 14.7. The Hall–Kier alpha value is -0.800. The van der Waals surface area contributed by atoms with Crippen LogP contribution in [0.2, 0.25) is 15.1 Å². The minimum Gasteiger partial charge on any atom is -0.306 e. The van der Waals surface area contributed by atoms with Gasteiger partial charge in [-0.1, -0.05) is 53.9 Å². The van der Waals surface area contributed by atoms with E-state index in [2.05, 4.69) is 5.32 Å². The van der Waals surface area contributed by atoms with Gasteiger partial charge < -0.3 is 5.32 Å². The van der Waals surface area contributed by atoms with Gasteiger partial charge in [-0.25, -0.2) is 4.39 Å². The molecule has 0 aliphatic rings. The number of nitrogens with one attached hydrogen (secondary N) is 1. The largest absolute Gasteiger partial charge is 0.306 e. The third kappa shape index (κ3) is 3.26. The first-order valence-electron chi connectivity index (χ1n) is 6.16. The highest BCUT2D eigenvalue weighted by atomic mass is 35.5. The highest BCUT2D eigenvalue weighted by molar-refractivity contribution is 6.35. The van der Waals surface area contributed by atoms with Crippen molar-refractivity contribution in [3.63, 3.8) is 0 Å². The standard InChI is InChI=1S/C15H13Cl3FN/c1-2-20-15(10-7-6-9(16)8-12(10)18)14-11(17)4-3-5-13(14)19/h3-8,15,20H,2H2,1H3. The van der Waals surface area contributed by atoms with E-state index >= 15 is 0 Å². The molecule has 0 fully saturated rings. The third-order valence-electron chi connectivity index (χ3n) is 2.97. The molecule has 2 aromatic carbocycles. The van der Waals surface area contributed by atoms with Gasteiger partial charge in [0, 0.05) is 20.6 Å². The molecule has 0 saturated carbocycles. The quantitative estimate of drug-likeness (QED) is 0.781. The van der Waals surface area contributed by atoms with E-state index in [0.717, 1.165) is 5.56 Å². The highest BCUT2D eigenvalue weighted by Gasteiger charge is 2.22. The lowest BCUT2D eigenvalue weighted by Crippen LogP contribution is -2.23. The lowest BCUT2D eigenvalue weighted by molar-refractivity contribution is 0.559. The van der Waals surface area contributed by atoms with Crippen molar-refractivity contribution in [1.29, 1.82) is 0 Å². The van der Waals surface area contributed by atoms with E-state index in [1.54, 1.807) is 30.3 Å². The zero-order valence-corrected chi connectivity index (χ0v) is 13.0. The summed E-state index contributed by atoms with van der Waals surface area (Å²) >= 11 is 18.3. The fourth-order valence-corrected chi connectivity index (χ4v) is 2.88. The summed E-state index contributed by atoms with van der Waals surface area (Å²) < 4.78 is 14.1. The van der Waals surface area contributed by atoms with Gasteiger partial charge >= 0.3 is 0 Å². The molecule has 0 spiro atoms. The molecule has 1 atom stereocenters. The van der Waals surface area contributed by atoms with Crippen LogP contribution in [0.3, 0.4) is 0 Å². The summed E-state index contributed by atoms with van der Waals surface area (Å²) in [5.41, 5.74) is 1.13. The van der Waals surface area contributed by atoms with E-state index in [0.29, 0.717) is 27.2 Å². The molecular formula is C15H13Cl3FN. The Bertz CT molecular complexity index is 596. The van der Waals surface area contributed by atoms with Crippen molar-refractivity contribution in [1.82, 2.24) is 5.32 Å². The topological polar surface area (TPSA) is 12.0 Å². The SMILES string of the molecule is CCNC(c1ccc(Cl)cc1Cl)c1c(F)cccc1Cl. The number of hydrogen-bond acceptors (Lipinski definition) is 1. The Labute approximate surface area is 132 Å². The average Bonchev–Trinajstić information content (AvgIpc) is 2.38. The Morgan fingerprint density at radius 3 is 2.45 bits per heavy atom. The van der Waals surface area contributed by atoms with Crippen LogP contribution in [0.25, 0.3) is 0 Å². The summed E-state index contributed by atoms with van der Waals surface area (Å²) in [6.45, 7) is 2.58. The molecule has 0 bridgehead atoms. The molecule has 106 valence electrons. The fraction of sp³-hybridized carbons (Fsp3) is 0.200. The van der Waals surface area contributed by atoms with Gasteiger partial charge in [-0.05, 0) is 36.4 Å². The van der Waals surface area contributed by atoms with Crippen LogP contribution in [0.4, 0.5) is 4.39 Å². The van der Waals surface area contributed by atoms with Crippen LogP contribution in [0.5, 0.6) is 0 Å². The van der Waals surface area contributed by atoms with Crippen LogP contribution >= 0.6 is 34.8 Å². The van der Waals surface area contributed by atoms with Crippen LogP contribution in [0.15, 0.2) is 36.4 Å². The molecule has 1 unspecified atom stereocenters. The number of benzene rings is 2. The van der Waals surface area contributed by atoms with E-state index in [9.17, 15) is 4.39 Å². The summed E-state index contributed by atoms with van der Waals surface area (Å²) in [6, 6.07) is 9.34. The molecular weight excluding hydrogens is 320 g/mol. The fourth-order valence-electron chi connectivity index (χ4n) is 2.09. The van der Waals surface area contributed by atoms with Crippen LogP contribution in [0, 0.1) is 5.82 Å². The molecule has 1 nitrogen and oxygen atoms in total. The van der Waals surface area contributed by atoms with E-state index in [4.69, 9.17) is 34.8 Å². The second-order valence-electron chi connectivity index (χ2n) is 4.29. The van der Waals surface area contributed by atoms with Gasteiger partial charge in [-0.3, -0.25) is 0 Å². The molecule has 0 aromatic heterocycles. The zero-order valence-electron chi connectivity index (χ0n) is 10.8. The number of rotatable bonds is 4. The van der Waals surface area contributed by atoms with Gasteiger partial charge in [0.25, 0.3) is 0 Å². The Kier molecular flexibility index (Phi) is 5.28. The maximum absolute atomic E-state index is 14.1. The lowest BCUT2D eigenvalue weighted by atomic mass is 9.98. The minimum atomic E-state index is -0.418. The maximum Gasteiger partial charge on any atom is 0.129 e. The Balaban J connectivity index is 2.56. The molecule has 0 amide bonds. The predicted octanol–water partition coefficient (Wildman–Crippen LogP) is 5.48. The average molecular weight is 333 g/mol. The molecule has 0 heterocycles. The van der Waals surface area contributed by atoms with Gasteiger partial charge in [-0.2, -0.15) is 0 Å². The molecule has 20 heavy (non-hydrogen) atoms. The molecule has 2 rings (SSSR count). The van der Waals surface area contributed by atoms with Crippen molar-refractivity contribution in [2.24, 2.45) is 0 Å². The number of hydrogen-bond donors (Lipinski definition) is 1. The monoisotopic (exact) mass is 331 g/mol. The summed E-state index contributed by atoms with van der Waals surface area (Å²) in [7, 11) is 0. The lowest BCUT2D eigenvalue weighted by Gasteiger charge is -2.22. The van der Waals surface area contributed by atoms with E-state index in [1.165, 1.54) is 6.07 Å². The van der Waals surface area contributed by atoms with Crippen molar-refractivity contribution in [3.8, 4) is 0 Å². The molecule has 0 saturated heterocycles. The molecule has 0 aliphatic heterocycles. The second-order valence-corrected chi connectivity index (χ2v) is 5.54. The summed E-state index contributed by atoms with van der Waals surface area (Å²) in [6.07, 6.45) is 0. The van der Waals surface area contributed by atoms with E-state index in [-0.39, 0.29) is 5.82 Å². The first kappa shape index (κ1) is 15.6. The second kappa shape index (κ2) is 6.77. The smallest absolute Gasteiger partial charge is 0.129 e. The first-order valence-corrected chi connectivity index (χ1v) is 7.30. The van der Waals surface area contributed by atoms with Crippen molar-refractivity contribution in [2.75, 3.05) is 6.54 Å². The predicted molar refractivity (Wildman–Crippen MR) is 83.4 cm³/mol. The van der Waals surface area contributed by atoms with E-state index in [1.807, 2.05) is 6.92 Å². The summed E-state index contributed by atoms with van der Waals surface area (Å²) in [4.78, 5) is 0. The van der Waals surface area contributed by atoms with Gasteiger partial charge in [0.15, 0.2) is 0 Å². The molecule has 1 N–H and O–H groups in total. The van der Waals surface area contributed by atoms with Crippen LogP contribution in [-0.4, -0.2) is 6.54 Å². The maximum atomic E-state index is 14.1. The van der Waals surface area contributed by atoms with Crippen molar-refractivity contribution in [2.45, 2.75) is 13.0 Å². The third-order valence-corrected chi connectivity index (χ3v) is 3.86. The summed E-state index contributed by atoms with van der Waals surface area (Å²) in [5, 5.41) is 4.58. The highest BCUT2D eigenvalue weighted by Crippen LogP contribution is 2.35. The minimum absolute atomic E-state index is 0.363. The van der Waals surface area contributed by atoms with E-state index < -0.39 is 6.04 Å². The van der Waals surface area contributed by atoms with Gasteiger partial charge in [0.05, 0.1) is 6.04 Å². The van der Waals surface area contributed by atoms with Gasteiger partial charge in [-0.15, -0.1) is 0 Å². The van der Waals surface area contributed by atoms with Crippen molar-refractivity contribution < 1.29 is 4.39 Å². The van der Waals surface area contributed by atoms with Crippen LogP contribution in [0.1, 0.15) is 24.1 Å². The van der Waals surface area contributed by atoms with Crippen LogP contribution in [-0.2, 0) is 0 Å². The van der Waals surface area contributed by atoms with Gasteiger partial charge in [0.1, 0.15) is 5.82 Å². The molecule has 2 aromatic rings. The summed E-state index contributed by atoms with van der Waals surface area (Å²) in [5.74, 6) is -0.366. The van der Waals surface area contributed by atoms with Crippen LogP contribution < -0.4 is 5.32 Å². The van der Waals surface area contributed by atoms with Gasteiger partial charge in [0.2, 0.25) is 0 Å².